The number of sulfonamides is 1. The number of aromatic nitrogens is 2. The van der Waals surface area contributed by atoms with Crippen LogP contribution >= 0.6 is 0 Å². The molecule has 1 saturated heterocycles. The molecular weight excluding hydrogens is 502 g/mol. The number of benzene rings is 1. The van der Waals surface area contributed by atoms with E-state index in [1.165, 1.54) is 0 Å². The number of nitrogens with one attached hydrogen (secondary N) is 1. The van der Waals surface area contributed by atoms with Crippen molar-refractivity contribution >= 4 is 33.0 Å². The summed E-state index contributed by atoms with van der Waals surface area (Å²) in [5.41, 5.74) is 15.7. The van der Waals surface area contributed by atoms with E-state index in [1.54, 1.807) is 37.5 Å². The minimum atomic E-state index is -3.99. The molecular formula is C27H35N7O3S. The summed E-state index contributed by atoms with van der Waals surface area (Å²) in [6.45, 7) is 9.11. The third-order valence-corrected chi connectivity index (χ3v) is 7.83. The van der Waals surface area contributed by atoms with Gasteiger partial charge in [-0.25, -0.2) is 18.5 Å². The van der Waals surface area contributed by atoms with Crippen LogP contribution in [0, 0.1) is 6.92 Å². The average molecular weight is 538 g/mol. The smallest absolute Gasteiger partial charge is 0.276 e. The fraction of sp³-hybridized carbons (Fsp3) is 0.370. The number of primary sulfonamides is 1. The number of rotatable bonds is 5. The van der Waals surface area contributed by atoms with E-state index in [4.69, 9.17) is 16.6 Å². The summed E-state index contributed by atoms with van der Waals surface area (Å²) in [6, 6.07) is 8.63. The van der Waals surface area contributed by atoms with E-state index in [0.717, 1.165) is 30.6 Å². The van der Waals surface area contributed by atoms with Gasteiger partial charge in [-0.2, -0.15) is 0 Å². The van der Waals surface area contributed by atoms with Crippen LogP contribution in [0.15, 0.2) is 47.6 Å². The normalized spacial score (nSPS) is 16.4. The number of nitrogens with zero attached hydrogens (tertiary/aromatic N) is 3. The highest BCUT2D eigenvalue weighted by Gasteiger charge is 2.25. The summed E-state index contributed by atoms with van der Waals surface area (Å²) in [7, 11) is -3.99. The van der Waals surface area contributed by atoms with Crippen molar-refractivity contribution in [3.8, 4) is 11.3 Å². The number of nitrogen functional groups attached to an aromatic ring is 1. The van der Waals surface area contributed by atoms with Crippen LogP contribution in [-0.2, 0) is 15.4 Å². The molecule has 38 heavy (non-hydrogen) atoms. The molecule has 0 radical (unpaired) electrons. The van der Waals surface area contributed by atoms with Crippen LogP contribution in [0.5, 0.6) is 0 Å². The predicted molar refractivity (Wildman–Crippen MR) is 151 cm³/mol. The van der Waals surface area contributed by atoms with Crippen LogP contribution in [-0.4, -0.2) is 43.4 Å². The van der Waals surface area contributed by atoms with Gasteiger partial charge in [0.25, 0.3) is 5.91 Å². The van der Waals surface area contributed by atoms with Crippen LogP contribution in [0.25, 0.3) is 11.3 Å². The Morgan fingerprint density at radius 2 is 1.92 bits per heavy atom. The number of carbonyl (C=O) groups excluding carboxylic acids is 1. The molecule has 7 N–H and O–H groups in total. The molecule has 1 aliphatic heterocycles. The Labute approximate surface area is 223 Å². The van der Waals surface area contributed by atoms with Crippen LogP contribution in [0.1, 0.15) is 55.2 Å². The number of pyridine rings is 2. The number of piperidine rings is 1. The number of amides is 1. The average Bonchev–Trinajstić information content (AvgIpc) is 2.83. The molecule has 2 aromatic heterocycles. The van der Waals surface area contributed by atoms with Gasteiger partial charge in [-0.1, -0.05) is 20.8 Å². The Kier molecular flexibility index (Phi) is 7.46. The zero-order chi connectivity index (χ0) is 27.8. The maximum absolute atomic E-state index is 13.4. The number of anilines is 3. The van der Waals surface area contributed by atoms with Crippen molar-refractivity contribution in [3.05, 3.63) is 59.5 Å². The standard InChI is InChI=1S/C27H35N7O3S/c1-16-19(12-17(27(2,3)4)13-24(16)38(30,36)37)21-8-7-20(29)25(32-21)26(35)33-22-14-31-10-9-23(22)34-11-5-6-18(28)15-34/h7-10,12-14,18H,5-6,11,15,28-29H2,1-4H3,(H,33,35)(H2,30,36,37)/t18-/m0/s1. The monoisotopic (exact) mass is 537 g/mol. The Morgan fingerprint density at radius 1 is 1.18 bits per heavy atom. The van der Waals surface area contributed by atoms with E-state index in [-0.39, 0.29) is 27.7 Å². The summed E-state index contributed by atoms with van der Waals surface area (Å²) < 4.78 is 24.8. The lowest BCUT2D eigenvalue weighted by Crippen LogP contribution is -2.43. The van der Waals surface area contributed by atoms with Gasteiger partial charge in [-0.05, 0) is 66.6 Å². The van der Waals surface area contributed by atoms with Gasteiger partial charge in [0, 0.05) is 30.9 Å². The lowest BCUT2D eigenvalue weighted by Gasteiger charge is -2.33. The summed E-state index contributed by atoms with van der Waals surface area (Å²) in [4.78, 5) is 24.3. The fourth-order valence-electron chi connectivity index (χ4n) is 4.65. The van der Waals surface area contributed by atoms with E-state index in [9.17, 15) is 13.2 Å². The molecule has 1 amide bonds. The number of hydrogen-bond acceptors (Lipinski definition) is 8. The first-order chi connectivity index (χ1) is 17.8. The number of hydrogen-bond donors (Lipinski definition) is 4. The van der Waals surface area contributed by atoms with Gasteiger partial charge in [0.1, 0.15) is 0 Å². The molecule has 0 unspecified atom stereocenters. The molecule has 10 nitrogen and oxygen atoms in total. The first-order valence-electron chi connectivity index (χ1n) is 12.5. The molecule has 1 aromatic carbocycles. The zero-order valence-corrected chi connectivity index (χ0v) is 23.0. The molecule has 0 spiro atoms. The molecule has 11 heteroatoms. The first kappa shape index (κ1) is 27.5. The van der Waals surface area contributed by atoms with Gasteiger partial charge in [0.05, 0.1) is 33.8 Å². The third-order valence-electron chi connectivity index (χ3n) is 6.79. The summed E-state index contributed by atoms with van der Waals surface area (Å²) in [5, 5.41) is 8.44. The molecule has 202 valence electrons. The minimum absolute atomic E-state index is 0.0179. The van der Waals surface area contributed by atoms with Crippen molar-refractivity contribution in [1.82, 2.24) is 9.97 Å². The summed E-state index contributed by atoms with van der Waals surface area (Å²) in [6.07, 6.45) is 5.18. The van der Waals surface area contributed by atoms with Crippen LogP contribution in [0.3, 0.4) is 0 Å². The molecule has 0 aliphatic carbocycles. The Balaban J connectivity index is 1.74. The van der Waals surface area contributed by atoms with Gasteiger partial charge < -0.3 is 21.7 Å². The van der Waals surface area contributed by atoms with Crippen molar-refractivity contribution in [1.29, 1.82) is 0 Å². The SMILES string of the molecule is Cc1c(-c2ccc(N)c(C(=O)Nc3cnccc3N3CCC[C@H](N)C3)n2)cc(C(C)(C)C)cc1S(N)(=O)=O. The quantitative estimate of drug-likeness (QED) is 0.384. The first-order valence-corrected chi connectivity index (χ1v) is 14.0. The minimum Gasteiger partial charge on any atom is -0.397 e. The van der Waals surface area contributed by atoms with E-state index in [1.807, 2.05) is 32.9 Å². The predicted octanol–water partition coefficient (Wildman–Crippen LogP) is 3.16. The second-order valence-corrected chi connectivity index (χ2v) is 12.3. The van der Waals surface area contributed by atoms with Crippen molar-refractivity contribution < 1.29 is 13.2 Å². The maximum atomic E-state index is 13.4. The molecule has 1 fully saturated rings. The second kappa shape index (κ2) is 10.3. The van der Waals surface area contributed by atoms with Crippen LogP contribution in [0.2, 0.25) is 0 Å². The van der Waals surface area contributed by atoms with Crippen molar-refractivity contribution in [2.24, 2.45) is 10.9 Å². The van der Waals surface area contributed by atoms with Gasteiger partial charge in [-0.3, -0.25) is 9.78 Å². The molecule has 0 bridgehead atoms. The topological polar surface area (TPSA) is 170 Å². The fourth-order valence-corrected chi connectivity index (χ4v) is 5.48. The summed E-state index contributed by atoms with van der Waals surface area (Å²) in [5.74, 6) is -0.504. The highest BCUT2D eigenvalue weighted by atomic mass is 32.2. The van der Waals surface area contributed by atoms with E-state index < -0.39 is 15.9 Å². The lowest BCUT2D eigenvalue weighted by molar-refractivity contribution is 0.102. The zero-order valence-electron chi connectivity index (χ0n) is 22.2. The number of carbonyl (C=O) groups is 1. The van der Waals surface area contributed by atoms with Gasteiger partial charge in [-0.15, -0.1) is 0 Å². The second-order valence-electron chi connectivity index (χ2n) is 10.8. The Morgan fingerprint density at radius 3 is 2.58 bits per heavy atom. The third kappa shape index (κ3) is 5.79. The largest absolute Gasteiger partial charge is 0.397 e. The highest BCUT2D eigenvalue weighted by molar-refractivity contribution is 7.89. The molecule has 4 rings (SSSR count). The van der Waals surface area contributed by atoms with E-state index in [2.05, 4.69) is 20.2 Å². The lowest BCUT2D eigenvalue weighted by atomic mass is 9.84. The Hall–Kier alpha value is -3.54. The number of nitrogens with two attached hydrogens (primary N) is 3. The van der Waals surface area contributed by atoms with Crippen LogP contribution < -0.4 is 26.8 Å². The molecule has 1 atom stereocenters. The van der Waals surface area contributed by atoms with E-state index in [0.29, 0.717) is 29.1 Å². The highest BCUT2D eigenvalue weighted by Crippen LogP contribution is 2.34. The van der Waals surface area contributed by atoms with Gasteiger partial charge in [0.2, 0.25) is 10.0 Å². The Bertz CT molecular complexity index is 1480. The van der Waals surface area contributed by atoms with E-state index >= 15 is 0 Å². The molecule has 0 saturated carbocycles. The van der Waals surface area contributed by atoms with Crippen molar-refractivity contribution in [2.75, 3.05) is 29.0 Å². The summed E-state index contributed by atoms with van der Waals surface area (Å²) >= 11 is 0. The van der Waals surface area contributed by atoms with Crippen molar-refractivity contribution in [2.45, 2.75) is 56.9 Å². The molecule has 1 aliphatic rings. The maximum Gasteiger partial charge on any atom is 0.276 e. The molecule has 3 heterocycles. The van der Waals surface area contributed by atoms with Crippen LogP contribution in [0.4, 0.5) is 17.1 Å². The molecule has 3 aromatic rings. The van der Waals surface area contributed by atoms with Gasteiger partial charge >= 0.3 is 0 Å². The van der Waals surface area contributed by atoms with Crippen molar-refractivity contribution in [3.63, 3.8) is 0 Å². The van der Waals surface area contributed by atoms with Gasteiger partial charge in [0.15, 0.2) is 5.69 Å².